The van der Waals surface area contributed by atoms with Crippen LogP contribution in [0.3, 0.4) is 0 Å². The molecular weight excluding hydrogens is 1060 g/mol. The van der Waals surface area contributed by atoms with E-state index in [9.17, 15) is 28.8 Å². The number of hydrogen-bond acceptors (Lipinski definition) is 8. The molecule has 2 aliphatic heterocycles. The molecule has 452 valence electrons. The number of unbranched alkanes of at least 4 members (excludes halogenated alkanes) is 1. The molecule has 6 amide bonds. The third-order valence-corrected chi connectivity index (χ3v) is 17.6. The van der Waals surface area contributed by atoms with Crippen LogP contribution < -0.4 is 26.6 Å². The first kappa shape index (κ1) is 63.6. The molecule has 3 aliphatic rings. The summed E-state index contributed by atoms with van der Waals surface area (Å²) in [6.45, 7) is 10.5. The van der Waals surface area contributed by atoms with Crippen molar-refractivity contribution in [3.05, 3.63) is 168 Å². The minimum absolute atomic E-state index is 0.0224. The first-order valence-electron chi connectivity index (χ1n) is 31.7. The van der Waals surface area contributed by atoms with Crippen molar-refractivity contribution in [3.8, 4) is 0 Å². The summed E-state index contributed by atoms with van der Waals surface area (Å²) >= 11 is 0. The SMILES string of the molecule is CCCCN(C)C(=O)CC[C@@H]1N[C@H](CNC(=O)c2ccc3ccccc3c2)CCN(C[C@@H](CC)c2ccccc2)C1=O.CC[C@H](CN1CC[C@@H](CNC(=O)c2ccc3ccccc3c2)N[C@@H](CCC(=O)NC2CCCCC2)C1=O)c1ccccc1. The van der Waals surface area contributed by atoms with Gasteiger partial charge in [-0.15, -0.1) is 0 Å². The highest BCUT2D eigenvalue weighted by Crippen LogP contribution is 2.26. The average molecular weight is 1150 g/mol. The van der Waals surface area contributed by atoms with Crippen LogP contribution in [0.5, 0.6) is 0 Å². The minimum Gasteiger partial charge on any atom is -0.353 e. The normalized spacial score (nSPS) is 19.2. The summed E-state index contributed by atoms with van der Waals surface area (Å²) in [5, 5.41) is 20.7. The fourth-order valence-corrected chi connectivity index (χ4v) is 12.3. The molecule has 2 saturated heterocycles. The lowest BCUT2D eigenvalue weighted by atomic mass is 9.95. The van der Waals surface area contributed by atoms with Gasteiger partial charge >= 0.3 is 0 Å². The van der Waals surface area contributed by atoms with Crippen LogP contribution in [0.1, 0.15) is 161 Å². The van der Waals surface area contributed by atoms with Crippen LogP contribution in [-0.2, 0) is 19.2 Å². The maximum Gasteiger partial charge on any atom is 0.251 e. The molecule has 0 radical (unpaired) electrons. The Hall–Kier alpha value is -7.42. The number of carbonyl (C=O) groups is 6. The lowest BCUT2D eigenvalue weighted by Gasteiger charge is -2.29. The first-order chi connectivity index (χ1) is 41.4. The maximum absolute atomic E-state index is 13.9. The highest BCUT2D eigenvalue weighted by molar-refractivity contribution is 5.99. The van der Waals surface area contributed by atoms with Crippen molar-refractivity contribution in [1.82, 2.24) is 41.3 Å². The fourth-order valence-electron chi connectivity index (χ4n) is 12.3. The maximum atomic E-state index is 13.9. The van der Waals surface area contributed by atoms with Crippen molar-refractivity contribution in [1.29, 1.82) is 0 Å². The van der Waals surface area contributed by atoms with Crippen molar-refractivity contribution in [2.75, 3.05) is 52.9 Å². The molecule has 0 unspecified atom stereocenters. The molecule has 0 bridgehead atoms. The van der Waals surface area contributed by atoms with E-state index >= 15 is 0 Å². The van der Waals surface area contributed by atoms with Crippen LogP contribution in [-0.4, -0.2) is 133 Å². The van der Waals surface area contributed by atoms with Gasteiger partial charge in [0.25, 0.3) is 11.8 Å². The van der Waals surface area contributed by atoms with Crippen molar-refractivity contribution in [2.45, 2.75) is 159 Å². The first-order valence-corrected chi connectivity index (χ1v) is 31.7. The zero-order valence-electron chi connectivity index (χ0n) is 50.7. The Morgan fingerprint density at radius 3 is 1.46 bits per heavy atom. The Labute approximate surface area is 504 Å². The van der Waals surface area contributed by atoms with Gasteiger partial charge in [0.05, 0.1) is 12.1 Å². The Morgan fingerprint density at radius 2 is 1.00 bits per heavy atom. The predicted octanol–water partition coefficient (Wildman–Crippen LogP) is 10.9. The molecule has 14 nitrogen and oxygen atoms in total. The van der Waals surface area contributed by atoms with Crippen molar-refractivity contribution < 1.29 is 28.8 Å². The molecule has 1 saturated carbocycles. The number of hydrogen-bond donors (Lipinski definition) is 5. The topological polar surface area (TPSA) is 172 Å². The second-order valence-electron chi connectivity index (χ2n) is 23.7. The van der Waals surface area contributed by atoms with Gasteiger partial charge in [-0.2, -0.15) is 0 Å². The fraction of sp³-hybridized carbons (Fsp3) is 0.465. The molecule has 6 aromatic rings. The van der Waals surface area contributed by atoms with Gasteiger partial charge in [0, 0.05) is 107 Å². The molecule has 14 heteroatoms. The molecule has 9 rings (SSSR count). The van der Waals surface area contributed by atoms with Gasteiger partial charge in [-0.05, 0) is 115 Å². The van der Waals surface area contributed by atoms with Crippen molar-refractivity contribution in [2.24, 2.45) is 0 Å². The molecule has 85 heavy (non-hydrogen) atoms. The van der Waals surface area contributed by atoms with Gasteiger partial charge in [-0.25, -0.2) is 0 Å². The number of carbonyl (C=O) groups excluding carboxylic acids is 6. The van der Waals surface area contributed by atoms with Crippen LogP contribution in [0.15, 0.2) is 146 Å². The molecule has 0 aromatic heterocycles. The zero-order valence-corrected chi connectivity index (χ0v) is 50.7. The van der Waals surface area contributed by atoms with Gasteiger partial charge in [-0.1, -0.05) is 168 Å². The number of nitrogens with one attached hydrogen (secondary N) is 5. The van der Waals surface area contributed by atoms with Crippen LogP contribution in [0.4, 0.5) is 0 Å². The summed E-state index contributed by atoms with van der Waals surface area (Å²) in [7, 11) is 1.84. The highest BCUT2D eigenvalue weighted by atomic mass is 16.2. The minimum atomic E-state index is -0.480. The molecule has 2 heterocycles. The Bertz CT molecular complexity index is 3110. The number of amides is 6. The van der Waals surface area contributed by atoms with E-state index in [1.165, 1.54) is 17.5 Å². The van der Waals surface area contributed by atoms with Gasteiger partial charge in [0.2, 0.25) is 23.6 Å². The van der Waals surface area contributed by atoms with E-state index in [0.29, 0.717) is 76.1 Å². The third-order valence-electron chi connectivity index (χ3n) is 17.6. The molecular formula is C71H92N8O6. The van der Waals surface area contributed by atoms with E-state index in [0.717, 1.165) is 92.3 Å². The monoisotopic (exact) mass is 1150 g/mol. The lowest BCUT2D eigenvalue weighted by Crippen LogP contribution is -2.49. The average Bonchev–Trinajstić information content (AvgIpc) is 4.09. The van der Waals surface area contributed by atoms with E-state index in [2.05, 4.69) is 71.6 Å². The van der Waals surface area contributed by atoms with Crippen molar-refractivity contribution in [3.63, 3.8) is 0 Å². The third kappa shape index (κ3) is 18.8. The van der Waals surface area contributed by atoms with Gasteiger partial charge in [-0.3, -0.25) is 28.8 Å². The number of rotatable bonds is 24. The molecule has 1 aliphatic carbocycles. The number of fused-ring (bicyclic) bond motifs is 2. The standard InChI is InChI=1S/C36H46N4O3.C35H46N4O3/c1-2-26(27-11-5-3-6-12-27)25-40-22-21-32(24-37-35(42)30-18-17-28-13-9-10-14-29(28)23-30)38-33(36(40)43)19-20-34(41)39-31-15-7-4-8-16-31;1-4-6-21-38(3)33(40)19-18-32-35(42)39(25-26(5-2)27-12-8-7-9-13-27)22-20-31(37-32)24-36-34(41)30-17-16-28-14-10-11-15-29(28)23-30/h3,5-6,9-14,17-18,23,26,31-33,38H,2,4,7-8,15-16,19-22,24-25H2,1H3,(H,37,42)(H,39,41);7-17,23,26,31-32,37H,4-6,18-22,24-25H2,1-3H3,(H,36,41)/t26-,32+,33+;26-,31+,32+/m11/s1. The van der Waals surface area contributed by atoms with Crippen LogP contribution in [0.25, 0.3) is 21.5 Å². The Balaban J connectivity index is 0.000000221. The largest absolute Gasteiger partial charge is 0.353 e. The highest BCUT2D eigenvalue weighted by Gasteiger charge is 2.35. The molecule has 5 N–H and O–H groups in total. The number of benzene rings is 6. The van der Waals surface area contributed by atoms with Crippen LogP contribution in [0.2, 0.25) is 0 Å². The summed E-state index contributed by atoms with van der Waals surface area (Å²) < 4.78 is 0. The second kappa shape index (κ2) is 32.7. The van der Waals surface area contributed by atoms with E-state index in [1.807, 2.05) is 138 Å². The summed E-state index contributed by atoms with van der Waals surface area (Å²) in [5.74, 6) is 0.388. The number of nitrogens with zero attached hydrogens (tertiary/aromatic N) is 3. The molecule has 0 spiro atoms. The van der Waals surface area contributed by atoms with Gasteiger partial charge < -0.3 is 41.3 Å². The summed E-state index contributed by atoms with van der Waals surface area (Å²) in [6, 6.07) is 47.3. The smallest absolute Gasteiger partial charge is 0.251 e. The molecule has 6 atom stereocenters. The molecule has 6 aromatic carbocycles. The van der Waals surface area contributed by atoms with Gasteiger partial charge in [0.1, 0.15) is 0 Å². The molecule has 3 fully saturated rings. The van der Waals surface area contributed by atoms with Crippen molar-refractivity contribution >= 4 is 57.0 Å². The summed E-state index contributed by atoms with van der Waals surface area (Å²) in [4.78, 5) is 85.4. The van der Waals surface area contributed by atoms with Crippen LogP contribution in [0, 0.1) is 0 Å². The predicted molar refractivity (Wildman–Crippen MR) is 341 cm³/mol. The van der Waals surface area contributed by atoms with E-state index in [-0.39, 0.29) is 65.4 Å². The second-order valence-corrected chi connectivity index (χ2v) is 23.7. The van der Waals surface area contributed by atoms with E-state index < -0.39 is 12.1 Å². The quantitative estimate of drug-likeness (QED) is 0.0398. The Morgan fingerprint density at radius 1 is 0.553 bits per heavy atom. The van der Waals surface area contributed by atoms with Gasteiger partial charge in [0.15, 0.2) is 0 Å². The zero-order chi connectivity index (χ0) is 59.9. The summed E-state index contributed by atoms with van der Waals surface area (Å²) in [5.41, 5.74) is 3.70. The van der Waals surface area contributed by atoms with Crippen LogP contribution >= 0.6 is 0 Å². The van der Waals surface area contributed by atoms with E-state index in [1.54, 1.807) is 4.90 Å². The summed E-state index contributed by atoms with van der Waals surface area (Å²) in [6.07, 6.45) is 12.4. The lowest BCUT2D eigenvalue weighted by molar-refractivity contribution is -0.135. The Kier molecular flexibility index (Phi) is 24.5. The van der Waals surface area contributed by atoms with E-state index in [4.69, 9.17) is 0 Å².